The van der Waals surface area contributed by atoms with Gasteiger partial charge in [-0.2, -0.15) is 13.2 Å². The van der Waals surface area contributed by atoms with Gasteiger partial charge in [0.25, 0.3) is 0 Å². The van der Waals surface area contributed by atoms with E-state index in [9.17, 15) is 13.2 Å². The Labute approximate surface area is 131 Å². The van der Waals surface area contributed by atoms with Gasteiger partial charge in [0, 0.05) is 10.0 Å². The minimum absolute atomic E-state index is 0.107. The highest BCUT2D eigenvalue weighted by Crippen LogP contribution is 2.42. The van der Waals surface area contributed by atoms with Crippen molar-refractivity contribution in [3.8, 4) is 5.75 Å². The molecule has 21 heavy (non-hydrogen) atoms. The number of halogens is 4. The Bertz CT molecular complexity index is 496. The first-order valence-electron chi connectivity index (χ1n) is 6.91. The van der Waals surface area contributed by atoms with Gasteiger partial charge in [-0.15, -0.1) is 0 Å². The van der Waals surface area contributed by atoms with Gasteiger partial charge in [0.05, 0.1) is 13.0 Å². The SMILES string of the molecule is COc1ccc(Br)cc1CC1(N)CCC(C(F)(F)F)CC1. The molecular weight excluding hydrogens is 347 g/mol. The zero-order valence-corrected chi connectivity index (χ0v) is 13.4. The van der Waals surface area contributed by atoms with Crippen molar-refractivity contribution in [1.82, 2.24) is 0 Å². The topological polar surface area (TPSA) is 35.2 Å². The summed E-state index contributed by atoms with van der Waals surface area (Å²) in [5.74, 6) is -0.487. The van der Waals surface area contributed by atoms with Gasteiger partial charge in [0.15, 0.2) is 0 Å². The van der Waals surface area contributed by atoms with Crippen LogP contribution in [-0.4, -0.2) is 18.8 Å². The van der Waals surface area contributed by atoms with Crippen molar-refractivity contribution in [3.63, 3.8) is 0 Å². The summed E-state index contributed by atoms with van der Waals surface area (Å²) in [5.41, 5.74) is 6.67. The lowest BCUT2D eigenvalue weighted by Gasteiger charge is -2.38. The minimum atomic E-state index is -4.10. The third kappa shape index (κ3) is 4.13. The Hall–Kier alpha value is -0.750. The van der Waals surface area contributed by atoms with Crippen LogP contribution in [0.15, 0.2) is 22.7 Å². The number of ether oxygens (including phenoxy) is 1. The van der Waals surface area contributed by atoms with E-state index in [4.69, 9.17) is 10.5 Å². The minimum Gasteiger partial charge on any atom is -0.496 e. The first-order valence-corrected chi connectivity index (χ1v) is 7.71. The molecule has 1 aromatic rings. The van der Waals surface area contributed by atoms with E-state index in [1.54, 1.807) is 7.11 Å². The Morgan fingerprint density at radius 3 is 2.48 bits per heavy atom. The van der Waals surface area contributed by atoms with Crippen molar-refractivity contribution in [2.24, 2.45) is 11.7 Å². The molecule has 0 radical (unpaired) electrons. The number of nitrogens with two attached hydrogens (primary N) is 1. The van der Waals surface area contributed by atoms with Crippen molar-refractivity contribution in [1.29, 1.82) is 0 Å². The van der Waals surface area contributed by atoms with Gasteiger partial charge in [0.1, 0.15) is 5.75 Å². The van der Waals surface area contributed by atoms with Gasteiger partial charge in [-0.25, -0.2) is 0 Å². The summed E-state index contributed by atoms with van der Waals surface area (Å²) in [5, 5.41) is 0. The standard InChI is InChI=1S/C15H19BrF3NO/c1-21-13-3-2-12(16)8-10(13)9-14(20)6-4-11(5-7-14)15(17,18)19/h2-3,8,11H,4-7,9,20H2,1H3. The molecule has 0 amide bonds. The highest BCUT2D eigenvalue weighted by atomic mass is 79.9. The van der Waals surface area contributed by atoms with Crippen LogP contribution < -0.4 is 10.5 Å². The predicted octanol–water partition coefficient (Wildman–Crippen LogP) is 4.45. The number of alkyl halides is 3. The second kappa shape index (κ2) is 6.16. The zero-order chi connectivity index (χ0) is 15.7. The van der Waals surface area contributed by atoms with Gasteiger partial charge in [-0.1, -0.05) is 15.9 Å². The van der Waals surface area contributed by atoms with Crippen LogP contribution in [0.25, 0.3) is 0 Å². The van der Waals surface area contributed by atoms with Gasteiger partial charge in [0.2, 0.25) is 0 Å². The molecule has 2 N–H and O–H groups in total. The average molecular weight is 366 g/mol. The van der Waals surface area contributed by atoms with Gasteiger partial charge < -0.3 is 10.5 Å². The van der Waals surface area contributed by atoms with Crippen LogP contribution in [0.4, 0.5) is 13.2 Å². The molecule has 1 fully saturated rings. The summed E-state index contributed by atoms with van der Waals surface area (Å²) in [4.78, 5) is 0. The molecule has 0 spiro atoms. The van der Waals surface area contributed by atoms with Crippen LogP contribution in [-0.2, 0) is 6.42 Å². The van der Waals surface area contributed by atoms with Crippen molar-refractivity contribution in [3.05, 3.63) is 28.2 Å². The van der Waals surface area contributed by atoms with E-state index in [0.29, 0.717) is 19.3 Å². The van der Waals surface area contributed by atoms with Crippen LogP contribution in [0.3, 0.4) is 0 Å². The third-order valence-electron chi connectivity index (χ3n) is 4.23. The molecule has 0 heterocycles. The Morgan fingerprint density at radius 1 is 1.33 bits per heavy atom. The van der Waals surface area contributed by atoms with Crippen molar-refractivity contribution in [2.45, 2.75) is 43.8 Å². The molecule has 1 aliphatic rings. The van der Waals surface area contributed by atoms with Crippen LogP contribution in [0, 0.1) is 5.92 Å². The summed E-state index contributed by atoms with van der Waals surface area (Å²) in [6, 6.07) is 5.62. The molecule has 2 nitrogen and oxygen atoms in total. The fourth-order valence-corrected chi connectivity index (χ4v) is 3.37. The Morgan fingerprint density at radius 2 is 1.95 bits per heavy atom. The van der Waals surface area contributed by atoms with Crippen molar-refractivity contribution >= 4 is 15.9 Å². The van der Waals surface area contributed by atoms with E-state index in [1.807, 2.05) is 18.2 Å². The van der Waals surface area contributed by atoms with Gasteiger partial charge in [-0.05, 0) is 55.9 Å². The fraction of sp³-hybridized carbons (Fsp3) is 0.600. The van der Waals surface area contributed by atoms with Crippen LogP contribution in [0.1, 0.15) is 31.2 Å². The summed E-state index contributed by atoms with van der Waals surface area (Å²) in [7, 11) is 1.58. The molecule has 6 heteroatoms. The summed E-state index contributed by atoms with van der Waals surface area (Å²) in [6.45, 7) is 0. The third-order valence-corrected chi connectivity index (χ3v) is 4.72. The lowest BCUT2D eigenvalue weighted by Crippen LogP contribution is -2.47. The van der Waals surface area contributed by atoms with E-state index < -0.39 is 17.6 Å². The van der Waals surface area contributed by atoms with Crippen LogP contribution >= 0.6 is 15.9 Å². The Kier molecular flexibility index (Phi) is 4.88. The molecule has 1 saturated carbocycles. The lowest BCUT2D eigenvalue weighted by molar-refractivity contribution is -0.184. The fourth-order valence-electron chi connectivity index (χ4n) is 2.96. The summed E-state index contributed by atoms with van der Waals surface area (Å²) in [6.07, 6.45) is -2.60. The van der Waals surface area contributed by atoms with Crippen molar-refractivity contribution < 1.29 is 17.9 Å². The zero-order valence-electron chi connectivity index (χ0n) is 11.8. The predicted molar refractivity (Wildman–Crippen MR) is 79.3 cm³/mol. The molecule has 118 valence electrons. The van der Waals surface area contributed by atoms with E-state index in [1.165, 1.54) is 0 Å². The van der Waals surface area contributed by atoms with Gasteiger partial charge in [-0.3, -0.25) is 0 Å². The highest BCUT2D eigenvalue weighted by molar-refractivity contribution is 9.10. The molecule has 0 aromatic heterocycles. The molecule has 1 aromatic carbocycles. The number of hydrogen-bond donors (Lipinski definition) is 1. The molecule has 0 aliphatic heterocycles. The first kappa shape index (κ1) is 16.6. The van der Waals surface area contributed by atoms with Crippen molar-refractivity contribution in [2.75, 3.05) is 7.11 Å². The van der Waals surface area contributed by atoms with E-state index in [-0.39, 0.29) is 12.8 Å². The lowest BCUT2D eigenvalue weighted by atomic mass is 9.74. The van der Waals surface area contributed by atoms with Crippen LogP contribution in [0.2, 0.25) is 0 Å². The van der Waals surface area contributed by atoms with Crippen LogP contribution in [0.5, 0.6) is 5.75 Å². The second-order valence-corrected chi connectivity index (χ2v) is 6.73. The monoisotopic (exact) mass is 365 g/mol. The molecule has 2 rings (SSSR count). The molecule has 0 bridgehead atoms. The molecule has 0 atom stereocenters. The number of methoxy groups -OCH3 is 1. The van der Waals surface area contributed by atoms with E-state index >= 15 is 0 Å². The highest BCUT2D eigenvalue weighted by Gasteiger charge is 2.44. The van der Waals surface area contributed by atoms with Gasteiger partial charge >= 0.3 is 6.18 Å². The maximum atomic E-state index is 12.7. The van der Waals surface area contributed by atoms with E-state index in [0.717, 1.165) is 15.8 Å². The molecule has 1 aliphatic carbocycles. The summed E-state index contributed by atoms with van der Waals surface area (Å²) >= 11 is 3.40. The quantitative estimate of drug-likeness (QED) is 0.858. The molecule has 0 saturated heterocycles. The second-order valence-electron chi connectivity index (χ2n) is 5.81. The maximum Gasteiger partial charge on any atom is 0.391 e. The first-order chi connectivity index (χ1) is 9.73. The largest absolute Gasteiger partial charge is 0.496 e. The average Bonchev–Trinajstić information content (AvgIpc) is 2.38. The number of rotatable bonds is 3. The molecular formula is C15H19BrF3NO. The van der Waals surface area contributed by atoms with E-state index in [2.05, 4.69) is 15.9 Å². The Balaban J connectivity index is 2.08. The molecule has 0 unspecified atom stereocenters. The number of hydrogen-bond acceptors (Lipinski definition) is 2. The smallest absolute Gasteiger partial charge is 0.391 e. The number of benzene rings is 1. The summed E-state index contributed by atoms with van der Waals surface area (Å²) < 4.78 is 44.4. The maximum absolute atomic E-state index is 12.7. The normalized spacial score (nSPS) is 26.7.